The molecule has 0 heterocycles. The van der Waals surface area contributed by atoms with Gasteiger partial charge in [0.15, 0.2) is 0 Å². The standard InChI is InChI=1S/C16H16O5/c1-9-12(13(16(19)20)8-14(17)18)7-10-5-3-4-6-11(10)15(9)21-2/h3-7,13H,8H2,1-2H3,(H,17,18)(H,19,20). The van der Waals surface area contributed by atoms with Crippen molar-refractivity contribution < 1.29 is 24.5 Å². The average molecular weight is 288 g/mol. The maximum Gasteiger partial charge on any atom is 0.311 e. The fourth-order valence-electron chi connectivity index (χ4n) is 2.57. The SMILES string of the molecule is COc1c(C)c(C(CC(=O)O)C(=O)O)cc2ccccc12. The van der Waals surface area contributed by atoms with E-state index in [2.05, 4.69) is 0 Å². The lowest BCUT2D eigenvalue weighted by Crippen LogP contribution is -2.17. The number of hydrogen-bond donors (Lipinski definition) is 2. The van der Waals surface area contributed by atoms with Crippen molar-refractivity contribution in [1.82, 2.24) is 0 Å². The van der Waals surface area contributed by atoms with Crippen molar-refractivity contribution in [1.29, 1.82) is 0 Å². The lowest BCUT2D eigenvalue weighted by Gasteiger charge is -2.18. The van der Waals surface area contributed by atoms with E-state index in [1.165, 1.54) is 7.11 Å². The fourth-order valence-corrected chi connectivity index (χ4v) is 2.57. The lowest BCUT2D eigenvalue weighted by molar-refractivity contribution is -0.145. The third-order valence-electron chi connectivity index (χ3n) is 3.55. The van der Waals surface area contributed by atoms with Crippen LogP contribution in [-0.4, -0.2) is 29.3 Å². The molecule has 110 valence electrons. The zero-order valence-corrected chi connectivity index (χ0v) is 11.8. The number of aliphatic carboxylic acids is 2. The molecule has 2 aromatic carbocycles. The summed E-state index contributed by atoms with van der Waals surface area (Å²) in [4.78, 5) is 22.3. The van der Waals surface area contributed by atoms with Gasteiger partial charge in [0, 0.05) is 5.39 Å². The molecule has 2 N–H and O–H groups in total. The van der Waals surface area contributed by atoms with Crippen LogP contribution in [0.2, 0.25) is 0 Å². The summed E-state index contributed by atoms with van der Waals surface area (Å²) < 4.78 is 5.39. The van der Waals surface area contributed by atoms with Gasteiger partial charge in [0.1, 0.15) is 5.75 Å². The van der Waals surface area contributed by atoms with Gasteiger partial charge in [0.25, 0.3) is 0 Å². The molecule has 0 bridgehead atoms. The molecule has 0 aliphatic heterocycles. The van der Waals surface area contributed by atoms with Crippen LogP contribution in [0, 0.1) is 6.92 Å². The maximum absolute atomic E-state index is 11.4. The summed E-state index contributed by atoms with van der Waals surface area (Å²) >= 11 is 0. The second-order valence-electron chi connectivity index (χ2n) is 4.83. The van der Waals surface area contributed by atoms with Crippen LogP contribution in [-0.2, 0) is 9.59 Å². The number of carboxylic acids is 2. The van der Waals surface area contributed by atoms with Gasteiger partial charge in [0.2, 0.25) is 0 Å². The third kappa shape index (κ3) is 2.81. The van der Waals surface area contributed by atoms with Crippen molar-refractivity contribution in [3.63, 3.8) is 0 Å². The molecule has 0 aliphatic carbocycles. The van der Waals surface area contributed by atoms with Gasteiger partial charge in [0.05, 0.1) is 19.4 Å². The van der Waals surface area contributed by atoms with E-state index in [0.717, 1.165) is 10.8 Å². The van der Waals surface area contributed by atoms with Gasteiger partial charge in [-0.25, -0.2) is 0 Å². The Labute approximate surface area is 121 Å². The summed E-state index contributed by atoms with van der Waals surface area (Å²) in [7, 11) is 1.52. The Kier molecular flexibility index (Phi) is 4.12. The minimum atomic E-state index is -1.15. The Bertz CT molecular complexity index is 705. The van der Waals surface area contributed by atoms with E-state index < -0.39 is 24.3 Å². The van der Waals surface area contributed by atoms with E-state index in [1.54, 1.807) is 13.0 Å². The van der Waals surface area contributed by atoms with E-state index in [4.69, 9.17) is 9.84 Å². The van der Waals surface area contributed by atoms with Crippen molar-refractivity contribution in [2.45, 2.75) is 19.3 Å². The number of hydrogen-bond acceptors (Lipinski definition) is 3. The van der Waals surface area contributed by atoms with Crippen LogP contribution in [0.1, 0.15) is 23.5 Å². The van der Waals surface area contributed by atoms with Crippen LogP contribution in [0.15, 0.2) is 30.3 Å². The highest BCUT2D eigenvalue weighted by molar-refractivity contribution is 5.93. The van der Waals surface area contributed by atoms with Crippen molar-refractivity contribution in [2.24, 2.45) is 0 Å². The summed E-state index contributed by atoms with van der Waals surface area (Å²) in [6.07, 6.45) is -0.461. The molecule has 1 unspecified atom stereocenters. The van der Waals surface area contributed by atoms with Gasteiger partial charge in [-0.2, -0.15) is 0 Å². The van der Waals surface area contributed by atoms with E-state index >= 15 is 0 Å². The van der Waals surface area contributed by atoms with Crippen LogP contribution in [0.25, 0.3) is 10.8 Å². The monoisotopic (exact) mass is 288 g/mol. The van der Waals surface area contributed by atoms with Crippen LogP contribution in [0.3, 0.4) is 0 Å². The van der Waals surface area contributed by atoms with Crippen LogP contribution >= 0.6 is 0 Å². The van der Waals surface area contributed by atoms with Crippen LogP contribution < -0.4 is 4.74 Å². The number of methoxy groups -OCH3 is 1. The minimum absolute atomic E-state index is 0.461. The molecule has 0 aromatic heterocycles. The van der Waals surface area contributed by atoms with Gasteiger partial charge in [-0.15, -0.1) is 0 Å². The first-order valence-corrected chi connectivity index (χ1v) is 6.46. The Morgan fingerprint density at radius 1 is 1.24 bits per heavy atom. The van der Waals surface area contributed by atoms with E-state index in [-0.39, 0.29) is 0 Å². The molecule has 2 rings (SSSR count). The smallest absolute Gasteiger partial charge is 0.311 e. The summed E-state index contributed by atoms with van der Waals surface area (Å²) in [5.41, 5.74) is 1.13. The molecule has 1 atom stereocenters. The highest BCUT2D eigenvalue weighted by Gasteiger charge is 2.26. The second kappa shape index (κ2) is 5.83. The predicted octanol–water partition coefficient (Wildman–Crippen LogP) is 2.80. The summed E-state index contributed by atoms with van der Waals surface area (Å²) in [5, 5.41) is 20.0. The minimum Gasteiger partial charge on any atom is -0.496 e. The van der Waals surface area contributed by atoms with Crippen molar-refractivity contribution in [2.75, 3.05) is 7.11 Å². The fraction of sp³-hybridized carbons (Fsp3) is 0.250. The molecular weight excluding hydrogens is 272 g/mol. The zero-order valence-electron chi connectivity index (χ0n) is 11.8. The number of benzene rings is 2. The number of rotatable bonds is 5. The Balaban J connectivity index is 2.70. The third-order valence-corrected chi connectivity index (χ3v) is 3.55. The molecule has 5 nitrogen and oxygen atoms in total. The van der Waals surface area contributed by atoms with Gasteiger partial charge >= 0.3 is 11.9 Å². The molecule has 0 radical (unpaired) electrons. The van der Waals surface area contributed by atoms with Gasteiger partial charge in [-0.05, 0) is 29.5 Å². The van der Waals surface area contributed by atoms with Crippen LogP contribution in [0.4, 0.5) is 0 Å². The summed E-state index contributed by atoms with van der Waals surface area (Å²) in [6, 6.07) is 9.18. The predicted molar refractivity (Wildman–Crippen MR) is 77.9 cm³/mol. The normalized spacial score (nSPS) is 12.1. The first-order valence-electron chi connectivity index (χ1n) is 6.46. The molecule has 0 fully saturated rings. The first-order chi connectivity index (χ1) is 9.95. The number of carbonyl (C=O) groups is 2. The van der Waals surface area contributed by atoms with E-state index in [9.17, 15) is 14.7 Å². The van der Waals surface area contributed by atoms with Gasteiger partial charge in [-0.3, -0.25) is 9.59 Å². The molecule has 21 heavy (non-hydrogen) atoms. The van der Waals surface area contributed by atoms with Gasteiger partial charge in [-0.1, -0.05) is 24.3 Å². The average Bonchev–Trinajstić information content (AvgIpc) is 2.44. The molecule has 0 saturated heterocycles. The highest BCUT2D eigenvalue weighted by Crippen LogP contribution is 2.36. The topological polar surface area (TPSA) is 83.8 Å². The second-order valence-corrected chi connectivity index (χ2v) is 4.83. The lowest BCUT2D eigenvalue weighted by atomic mass is 9.89. The number of fused-ring (bicyclic) bond motifs is 1. The van der Waals surface area contributed by atoms with Gasteiger partial charge < -0.3 is 14.9 Å². The molecule has 0 saturated carbocycles. The van der Waals surface area contributed by atoms with Crippen LogP contribution in [0.5, 0.6) is 5.75 Å². The Hall–Kier alpha value is -2.56. The molecule has 0 amide bonds. The quantitative estimate of drug-likeness (QED) is 0.883. The molecule has 0 aliphatic rings. The van der Waals surface area contributed by atoms with Crippen molar-refractivity contribution >= 4 is 22.7 Å². The summed E-state index contributed by atoms with van der Waals surface area (Å²) in [5.74, 6) is -2.81. The summed E-state index contributed by atoms with van der Waals surface area (Å²) in [6.45, 7) is 1.75. The molecule has 5 heteroatoms. The van der Waals surface area contributed by atoms with E-state index in [1.807, 2.05) is 24.3 Å². The Morgan fingerprint density at radius 3 is 2.48 bits per heavy atom. The molecule has 2 aromatic rings. The molecular formula is C16H16O5. The number of carboxylic acid groups (broad SMARTS) is 2. The maximum atomic E-state index is 11.4. The molecule has 0 spiro atoms. The van der Waals surface area contributed by atoms with Crippen molar-refractivity contribution in [3.05, 3.63) is 41.5 Å². The highest BCUT2D eigenvalue weighted by atomic mass is 16.5. The zero-order chi connectivity index (χ0) is 15.6. The largest absolute Gasteiger partial charge is 0.496 e. The van der Waals surface area contributed by atoms with Crippen molar-refractivity contribution in [3.8, 4) is 5.75 Å². The number of ether oxygens (including phenoxy) is 1. The van der Waals surface area contributed by atoms with E-state index in [0.29, 0.717) is 16.9 Å². The Morgan fingerprint density at radius 2 is 1.90 bits per heavy atom. The first kappa shape index (κ1) is 14.8.